The van der Waals surface area contributed by atoms with Crippen molar-refractivity contribution in [3.63, 3.8) is 0 Å². The first-order valence-corrected chi connectivity index (χ1v) is 9.77. The maximum Gasteiger partial charge on any atom is 0.191 e. The van der Waals surface area contributed by atoms with E-state index in [2.05, 4.69) is 15.6 Å². The van der Waals surface area contributed by atoms with Gasteiger partial charge in [-0.25, -0.2) is 12.8 Å². The van der Waals surface area contributed by atoms with Gasteiger partial charge in [-0.05, 0) is 43.5 Å². The molecule has 1 fully saturated rings. The highest BCUT2D eigenvalue weighted by atomic mass is 127. The van der Waals surface area contributed by atoms with Crippen molar-refractivity contribution in [2.45, 2.75) is 19.4 Å². The van der Waals surface area contributed by atoms with Crippen molar-refractivity contribution >= 4 is 39.8 Å². The number of sulfone groups is 1. The van der Waals surface area contributed by atoms with Crippen molar-refractivity contribution in [2.24, 2.45) is 10.9 Å². The van der Waals surface area contributed by atoms with Crippen LogP contribution in [0.3, 0.4) is 0 Å². The van der Waals surface area contributed by atoms with Gasteiger partial charge in [0.1, 0.15) is 17.7 Å². The van der Waals surface area contributed by atoms with Gasteiger partial charge in [0.2, 0.25) is 0 Å². The molecule has 0 spiro atoms. The zero-order valence-corrected chi connectivity index (χ0v) is 17.5. The Labute approximate surface area is 165 Å². The average molecular weight is 485 g/mol. The molecule has 1 aromatic rings. The summed E-state index contributed by atoms with van der Waals surface area (Å²) < 4.78 is 41.4. The average Bonchev–Trinajstić information content (AvgIpc) is 2.89. The summed E-state index contributed by atoms with van der Waals surface area (Å²) in [7, 11) is -1.20. The van der Waals surface area contributed by atoms with Gasteiger partial charge in [-0.2, -0.15) is 0 Å². The Balaban J connectivity index is 0.00000312. The lowest BCUT2D eigenvalue weighted by atomic mass is 10.1. The van der Waals surface area contributed by atoms with Crippen LogP contribution in [0.25, 0.3) is 0 Å². The summed E-state index contributed by atoms with van der Waals surface area (Å²) >= 11 is 0. The van der Waals surface area contributed by atoms with Crippen molar-refractivity contribution in [1.82, 2.24) is 10.6 Å². The van der Waals surface area contributed by atoms with Crippen LogP contribution in [-0.2, 0) is 9.84 Å². The van der Waals surface area contributed by atoms with E-state index in [1.54, 1.807) is 19.2 Å². The molecule has 1 aliphatic rings. The number of ether oxygens (including phenoxy) is 1. The van der Waals surface area contributed by atoms with E-state index in [9.17, 15) is 12.8 Å². The molecular weight excluding hydrogens is 460 g/mol. The third-order valence-corrected chi connectivity index (χ3v) is 5.65. The minimum Gasteiger partial charge on any atom is -0.489 e. The number of halogens is 2. The molecule has 0 aromatic heterocycles. The second-order valence-electron chi connectivity index (χ2n) is 5.99. The second kappa shape index (κ2) is 10.1. The Morgan fingerprint density at radius 2 is 2.04 bits per heavy atom. The lowest BCUT2D eigenvalue weighted by Crippen LogP contribution is -2.43. The third kappa shape index (κ3) is 7.76. The van der Waals surface area contributed by atoms with Gasteiger partial charge >= 0.3 is 0 Å². The fourth-order valence-electron chi connectivity index (χ4n) is 2.52. The summed E-state index contributed by atoms with van der Waals surface area (Å²) in [5.41, 5.74) is 0. The molecule has 9 heteroatoms. The predicted octanol–water partition coefficient (Wildman–Crippen LogP) is 1.81. The Morgan fingerprint density at radius 1 is 1.36 bits per heavy atom. The van der Waals surface area contributed by atoms with Crippen LogP contribution in [0.1, 0.15) is 13.3 Å². The van der Waals surface area contributed by atoms with Crippen LogP contribution in [-0.4, -0.2) is 52.1 Å². The van der Waals surface area contributed by atoms with Crippen LogP contribution < -0.4 is 15.4 Å². The second-order valence-corrected chi connectivity index (χ2v) is 8.21. The molecule has 2 N–H and O–H groups in total. The highest BCUT2D eigenvalue weighted by Crippen LogP contribution is 2.17. The lowest BCUT2D eigenvalue weighted by Gasteiger charge is -2.18. The summed E-state index contributed by atoms with van der Waals surface area (Å²) in [4.78, 5) is 4.12. The van der Waals surface area contributed by atoms with Gasteiger partial charge in [-0.15, -0.1) is 24.0 Å². The van der Waals surface area contributed by atoms with E-state index in [4.69, 9.17) is 4.74 Å². The van der Waals surface area contributed by atoms with Gasteiger partial charge in [0, 0.05) is 13.6 Å². The Morgan fingerprint density at radius 3 is 2.60 bits per heavy atom. The molecule has 0 aliphatic carbocycles. The monoisotopic (exact) mass is 485 g/mol. The number of aliphatic imine (C=N–C) groups is 1. The van der Waals surface area contributed by atoms with Crippen LogP contribution in [0.5, 0.6) is 5.75 Å². The van der Waals surface area contributed by atoms with E-state index in [1.807, 2.05) is 6.92 Å². The van der Waals surface area contributed by atoms with Crippen molar-refractivity contribution in [2.75, 3.05) is 31.6 Å². The molecule has 0 radical (unpaired) electrons. The molecule has 2 unspecified atom stereocenters. The molecule has 0 bridgehead atoms. The standard InChI is InChI=1S/C16H24FN3O3S.HI/c1-12(23-15-5-3-14(17)4-6-15)9-19-16(18-2)20-10-13-7-8-24(21,22)11-13;/h3-6,12-13H,7-11H2,1-2H3,(H2,18,19,20);1H. The number of rotatable bonds is 6. The smallest absolute Gasteiger partial charge is 0.191 e. The molecule has 25 heavy (non-hydrogen) atoms. The van der Waals surface area contributed by atoms with Crippen molar-refractivity contribution < 1.29 is 17.5 Å². The van der Waals surface area contributed by atoms with Gasteiger partial charge < -0.3 is 15.4 Å². The maximum atomic E-state index is 12.9. The minimum atomic E-state index is -2.86. The van der Waals surface area contributed by atoms with Gasteiger partial charge in [0.05, 0.1) is 18.1 Å². The SMILES string of the molecule is CN=C(NCC1CCS(=O)(=O)C1)NCC(C)Oc1ccc(F)cc1.I. The molecule has 6 nitrogen and oxygen atoms in total. The zero-order chi connectivity index (χ0) is 17.6. The summed E-state index contributed by atoms with van der Waals surface area (Å²) in [5, 5.41) is 6.28. The summed E-state index contributed by atoms with van der Waals surface area (Å²) in [6, 6.07) is 5.87. The quantitative estimate of drug-likeness (QED) is 0.365. The number of nitrogens with one attached hydrogen (secondary N) is 2. The third-order valence-electron chi connectivity index (χ3n) is 3.82. The highest BCUT2D eigenvalue weighted by molar-refractivity contribution is 14.0. The molecule has 0 amide bonds. The fraction of sp³-hybridized carbons (Fsp3) is 0.562. The molecule has 2 atom stereocenters. The summed E-state index contributed by atoms with van der Waals surface area (Å²) in [6.45, 7) is 2.99. The van der Waals surface area contributed by atoms with Crippen LogP contribution in [0.4, 0.5) is 4.39 Å². The van der Waals surface area contributed by atoms with E-state index >= 15 is 0 Å². The first kappa shape index (κ1) is 21.9. The molecule has 0 saturated carbocycles. The minimum absolute atomic E-state index is 0. The number of nitrogens with zero attached hydrogens (tertiary/aromatic N) is 1. The lowest BCUT2D eigenvalue weighted by molar-refractivity contribution is 0.223. The molecule has 1 aromatic carbocycles. The van der Waals surface area contributed by atoms with Crippen molar-refractivity contribution in [3.8, 4) is 5.75 Å². The predicted molar refractivity (Wildman–Crippen MR) is 108 cm³/mol. The van der Waals surface area contributed by atoms with Gasteiger partial charge in [0.15, 0.2) is 15.8 Å². The molecule has 142 valence electrons. The fourth-order valence-corrected chi connectivity index (χ4v) is 4.38. The number of guanidine groups is 1. The maximum absolute atomic E-state index is 12.9. The summed E-state index contributed by atoms with van der Waals surface area (Å²) in [5.74, 6) is 1.54. The molecule has 2 rings (SSSR count). The van der Waals surface area contributed by atoms with Crippen molar-refractivity contribution in [1.29, 1.82) is 0 Å². The Kier molecular flexibility index (Phi) is 8.91. The molecule has 1 aliphatic heterocycles. The zero-order valence-electron chi connectivity index (χ0n) is 14.4. The van der Waals surface area contributed by atoms with Crippen LogP contribution in [0.15, 0.2) is 29.3 Å². The van der Waals surface area contributed by atoms with E-state index < -0.39 is 9.84 Å². The van der Waals surface area contributed by atoms with Crippen LogP contribution >= 0.6 is 24.0 Å². The molecule has 1 saturated heterocycles. The highest BCUT2D eigenvalue weighted by Gasteiger charge is 2.27. The Hall–Kier alpha value is -1.10. The number of hydrogen-bond acceptors (Lipinski definition) is 4. The van der Waals surface area contributed by atoms with Gasteiger partial charge in [-0.1, -0.05) is 0 Å². The Bertz CT molecular complexity index is 668. The number of hydrogen-bond donors (Lipinski definition) is 2. The van der Waals surface area contributed by atoms with Crippen molar-refractivity contribution in [3.05, 3.63) is 30.1 Å². The van der Waals surface area contributed by atoms with Crippen LogP contribution in [0, 0.1) is 11.7 Å². The van der Waals surface area contributed by atoms with Gasteiger partial charge in [-0.3, -0.25) is 4.99 Å². The first-order valence-electron chi connectivity index (χ1n) is 7.95. The van der Waals surface area contributed by atoms with Gasteiger partial charge in [0.25, 0.3) is 0 Å². The van der Waals surface area contributed by atoms with E-state index in [0.717, 1.165) is 0 Å². The summed E-state index contributed by atoms with van der Waals surface area (Å²) in [6.07, 6.45) is 0.553. The van der Waals surface area contributed by atoms with E-state index in [1.165, 1.54) is 12.1 Å². The van der Waals surface area contributed by atoms with E-state index in [-0.39, 0.29) is 53.3 Å². The van der Waals surface area contributed by atoms with Crippen LogP contribution in [0.2, 0.25) is 0 Å². The normalized spacial score (nSPS) is 20.4. The largest absolute Gasteiger partial charge is 0.489 e. The topological polar surface area (TPSA) is 79.8 Å². The van der Waals surface area contributed by atoms with E-state index in [0.29, 0.717) is 31.2 Å². The first-order chi connectivity index (χ1) is 11.4. The number of benzene rings is 1. The molecular formula is C16H25FIN3O3S. The molecule has 1 heterocycles.